The normalized spacial score (nSPS) is 13.7. The number of fused-ring (bicyclic) bond motifs is 1. The molecule has 2 heteroatoms. The molecule has 0 unspecified atom stereocenters. The molecule has 16 heavy (non-hydrogen) atoms. The highest BCUT2D eigenvalue weighted by atomic mass is 16.5. The number of hydrogen-bond donors (Lipinski definition) is 0. The molecular formula is C14H18O2. The average Bonchev–Trinajstić information content (AvgIpc) is 2.72. The summed E-state index contributed by atoms with van der Waals surface area (Å²) in [6.45, 7) is 4.71. The molecule has 1 aromatic carbocycles. The Morgan fingerprint density at radius 3 is 3.00 bits per heavy atom. The van der Waals surface area contributed by atoms with E-state index in [-0.39, 0.29) is 5.92 Å². The third-order valence-electron chi connectivity index (χ3n) is 3.06. The van der Waals surface area contributed by atoms with Crippen molar-refractivity contribution in [2.24, 2.45) is 5.92 Å². The highest BCUT2D eigenvalue weighted by molar-refractivity contribution is 5.80. The second kappa shape index (κ2) is 4.69. The number of carbonyl (C=O) groups excluding carboxylic acids is 1. The minimum atomic E-state index is 0.151. The van der Waals surface area contributed by atoms with Crippen LogP contribution in [0, 0.1) is 5.92 Å². The Hall–Kier alpha value is -1.31. The van der Waals surface area contributed by atoms with E-state index in [1.165, 1.54) is 11.1 Å². The van der Waals surface area contributed by atoms with Crippen LogP contribution >= 0.6 is 0 Å². The largest absolute Gasteiger partial charge is 0.493 e. The molecule has 86 valence electrons. The maximum Gasteiger partial charge on any atom is 0.135 e. The Balaban J connectivity index is 1.98. The van der Waals surface area contributed by atoms with Gasteiger partial charge in [-0.1, -0.05) is 26.0 Å². The Labute approximate surface area is 96.6 Å². The summed E-state index contributed by atoms with van der Waals surface area (Å²) in [5.74, 6) is 1.51. The molecule has 0 saturated heterocycles. The van der Waals surface area contributed by atoms with Gasteiger partial charge < -0.3 is 4.74 Å². The molecule has 0 aliphatic carbocycles. The number of Topliss-reactive ketones (excluding diaryl/α,β-unsaturated/α-hetero) is 1. The quantitative estimate of drug-likeness (QED) is 0.776. The topological polar surface area (TPSA) is 26.3 Å². The van der Waals surface area contributed by atoms with E-state index in [0.29, 0.717) is 12.2 Å². The van der Waals surface area contributed by atoms with Crippen molar-refractivity contribution < 1.29 is 9.53 Å². The molecule has 2 rings (SSSR count). The summed E-state index contributed by atoms with van der Waals surface area (Å²) in [4.78, 5) is 11.5. The third-order valence-corrected chi connectivity index (χ3v) is 3.06. The zero-order valence-electron chi connectivity index (χ0n) is 9.95. The summed E-state index contributed by atoms with van der Waals surface area (Å²) in [6.07, 6.45) is 2.50. The molecule has 1 heterocycles. The number of hydrogen-bond acceptors (Lipinski definition) is 2. The molecule has 0 N–H and O–H groups in total. The summed E-state index contributed by atoms with van der Waals surface area (Å²) in [5, 5.41) is 0. The first-order chi connectivity index (χ1) is 7.66. The Bertz CT molecular complexity index is 394. The van der Waals surface area contributed by atoms with E-state index in [0.717, 1.165) is 25.2 Å². The van der Waals surface area contributed by atoms with E-state index in [4.69, 9.17) is 4.74 Å². The van der Waals surface area contributed by atoms with Gasteiger partial charge in [-0.15, -0.1) is 0 Å². The summed E-state index contributed by atoms with van der Waals surface area (Å²) in [7, 11) is 0. The van der Waals surface area contributed by atoms with Crippen molar-refractivity contribution in [1.29, 1.82) is 0 Å². The molecule has 0 radical (unpaired) electrons. The van der Waals surface area contributed by atoms with Crippen LogP contribution < -0.4 is 4.74 Å². The van der Waals surface area contributed by atoms with Gasteiger partial charge in [-0.25, -0.2) is 0 Å². The van der Waals surface area contributed by atoms with Crippen molar-refractivity contribution >= 4 is 5.78 Å². The van der Waals surface area contributed by atoms with Crippen LogP contribution in [0.3, 0.4) is 0 Å². The minimum Gasteiger partial charge on any atom is -0.493 e. The molecule has 0 saturated carbocycles. The van der Waals surface area contributed by atoms with Gasteiger partial charge in [0.25, 0.3) is 0 Å². The number of ketones is 1. The average molecular weight is 218 g/mol. The van der Waals surface area contributed by atoms with Gasteiger partial charge in [0, 0.05) is 18.8 Å². The number of carbonyl (C=O) groups is 1. The maximum absolute atomic E-state index is 11.5. The Kier molecular flexibility index (Phi) is 3.28. The van der Waals surface area contributed by atoms with Crippen LogP contribution in [0.25, 0.3) is 0 Å². The molecule has 0 bridgehead atoms. The van der Waals surface area contributed by atoms with Crippen molar-refractivity contribution in [1.82, 2.24) is 0 Å². The zero-order valence-corrected chi connectivity index (χ0v) is 9.95. The van der Waals surface area contributed by atoms with E-state index in [9.17, 15) is 4.79 Å². The fourth-order valence-electron chi connectivity index (χ4n) is 1.95. The minimum absolute atomic E-state index is 0.151. The van der Waals surface area contributed by atoms with Gasteiger partial charge in [0.15, 0.2) is 0 Å². The van der Waals surface area contributed by atoms with Gasteiger partial charge in [-0.3, -0.25) is 4.79 Å². The smallest absolute Gasteiger partial charge is 0.135 e. The highest BCUT2D eigenvalue weighted by Crippen LogP contribution is 2.26. The lowest BCUT2D eigenvalue weighted by Gasteiger charge is -2.05. The van der Waals surface area contributed by atoms with Crippen molar-refractivity contribution in [3.8, 4) is 5.75 Å². The summed E-state index contributed by atoms with van der Waals surface area (Å²) < 4.78 is 5.45. The molecule has 0 amide bonds. The molecule has 0 aromatic heterocycles. The van der Waals surface area contributed by atoms with Crippen LogP contribution in [0.1, 0.15) is 31.4 Å². The van der Waals surface area contributed by atoms with Crippen molar-refractivity contribution in [2.75, 3.05) is 6.61 Å². The van der Waals surface area contributed by atoms with Crippen LogP contribution in [0.2, 0.25) is 0 Å². The van der Waals surface area contributed by atoms with Crippen LogP contribution in [0.4, 0.5) is 0 Å². The van der Waals surface area contributed by atoms with Crippen molar-refractivity contribution in [2.45, 2.75) is 33.1 Å². The zero-order chi connectivity index (χ0) is 11.5. The fraction of sp³-hybridized carbons (Fsp3) is 0.500. The van der Waals surface area contributed by atoms with Gasteiger partial charge in [0.2, 0.25) is 0 Å². The van der Waals surface area contributed by atoms with Gasteiger partial charge >= 0.3 is 0 Å². The second-order valence-electron chi connectivity index (χ2n) is 4.66. The molecule has 0 atom stereocenters. The van der Waals surface area contributed by atoms with E-state index in [2.05, 4.69) is 12.1 Å². The number of aryl methyl sites for hydroxylation is 1. The predicted molar refractivity (Wildman–Crippen MR) is 63.8 cm³/mol. The second-order valence-corrected chi connectivity index (χ2v) is 4.66. The summed E-state index contributed by atoms with van der Waals surface area (Å²) in [6, 6.07) is 6.27. The molecule has 1 aliphatic rings. The SMILES string of the molecule is CC(C)C(=O)CCc1ccc2c(c1)CCO2. The van der Waals surface area contributed by atoms with Crippen LogP contribution in [0.5, 0.6) is 5.75 Å². The summed E-state index contributed by atoms with van der Waals surface area (Å²) >= 11 is 0. The molecule has 2 nitrogen and oxygen atoms in total. The lowest BCUT2D eigenvalue weighted by molar-refractivity contribution is -0.121. The first kappa shape index (κ1) is 11.2. The highest BCUT2D eigenvalue weighted by Gasteiger charge is 2.13. The lowest BCUT2D eigenvalue weighted by atomic mass is 9.99. The molecule has 0 fully saturated rings. The fourth-order valence-corrected chi connectivity index (χ4v) is 1.95. The van der Waals surface area contributed by atoms with E-state index in [1.54, 1.807) is 0 Å². The lowest BCUT2D eigenvalue weighted by Crippen LogP contribution is -2.07. The number of benzene rings is 1. The van der Waals surface area contributed by atoms with Crippen LogP contribution in [-0.4, -0.2) is 12.4 Å². The molecule has 1 aromatic rings. The maximum atomic E-state index is 11.5. The van der Waals surface area contributed by atoms with Gasteiger partial charge in [0.05, 0.1) is 6.61 Å². The number of ether oxygens (including phenoxy) is 1. The number of rotatable bonds is 4. The molecular weight excluding hydrogens is 200 g/mol. The Morgan fingerprint density at radius 1 is 1.44 bits per heavy atom. The molecule has 1 aliphatic heterocycles. The van der Waals surface area contributed by atoms with Crippen molar-refractivity contribution in [3.63, 3.8) is 0 Å². The standard InChI is InChI=1S/C14H18O2/c1-10(2)13(15)5-3-11-4-6-14-12(9-11)7-8-16-14/h4,6,9-10H,3,5,7-8H2,1-2H3. The monoisotopic (exact) mass is 218 g/mol. The van der Waals surface area contributed by atoms with Gasteiger partial charge in [-0.2, -0.15) is 0 Å². The van der Waals surface area contributed by atoms with Gasteiger partial charge in [-0.05, 0) is 23.6 Å². The first-order valence-corrected chi connectivity index (χ1v) is 5.94. The van der Waals surface area contributed by atoms with Crippen LogP contribution in [0.15, 0.2) is 18.2 Å². The van der Waals surface area contributed by atoms with Gasteiger partial charge in [0.1, 0.15) is 11.5 Å². The summed E-state index contributed by atoms with van der Waals surface area (Å²) in [5.41, 5.74) is 2.53. The predicted octanol–water partition coefficient (Wildman–Crippen LogP) is 2.78. The third kappa shape index (κ3) is 2.43. The Morgan fingerprint density at radius 2 is 2.25 bits per heavy atom. The molecule has 0 spiro atoms. The van der Waals surface area contributed by atoms with Crippen LogP contribution in [-0.2, 0) is 17.6 Å². The van der Waals surface area contributed by atoms with E-state index >= 15 is 0 Å². The van der Waals surface area contributed by atoms with E-state index < -0.39 is 0 Å². The van der Waals surface area contributed by atoms with Crippen molar-refractivity contribution in [3.05, 3.63) is 29.3 Å². The first-order valence-electron chi connectivity index (χ1n) is 5.94. The van der Waals surface area contributed by atoms with E-state index in [1.807, 2.05) is 19.9 Å².